The second-order valence-electron chi connectivity index (χ2n) is 9.47. The van der Waals surface area contributed by atoms with Crippen molar-refractivity contribution in [2.24, 2.45) is 0 Å². The van der Waals surface area contributed by atoms with Crippen molar-refractivity contribution in [2.75, 3.05) is 6.16 Å². The molecule has 2 aromatic carbocycles. The first-order chi connectivity index (χ1) is 16.7. The number of para-hydroxylation sites is 2. The lowest BCUT2D eigenvalue weighted by Gasteiger charge is -2.18. The van der Waals surface area contributed by atoms with Crippen molar-refractivity contribution in [3.8, 4) is 11.5 Å². The average Bonchev–Trinajstić information content (AvgIpc) is 2.85. The number of rotatable bonds is 21. The summed E-state index contributed by atoms with van der Waals surface area (Å²) in [7, 11) is -3.00. The first-order valence-corrected chi connectivity index (χ1v) is 15.6. The van der Waals surface area contributed by atoms with Gasteiger partial charge in [0.2, 0.25) is 0 Å². The number of benzene rings is 2. The SMILES string of the molecule is CCCCCCCCCCCCCCCCCC[P+](O)(Oc1ccccc1)Oc1ccccc1. The molecule has 0 heterocycles. The fourth-order valence-electron chi connectivity index (χ4n) is 4.26. The maximum atomic E-state index is 11.2. The van der Waals surface area contributed by atoms with Crippen LogP contribution in [-0.4, -0.2) is 11.1 Å². The van der Waals surface area contributed by atoms with Crippen LogP contribution in [0.3, 0.4) is 0 Å². The first-order valence-electron chi connectivity index (χ1n) is 13.8. The van der Waals surface area contributed by atoms with Crippen molar-refractivity contribution in [1.82, 2.24) is 0 Å². The molecule has 190 valence electrons. The van der Waals surface area contributed by atoms with Crippen LogP contribution in [0.5, 0.6) is 11.5 Å². The van der Waals surface area contributed by atoms with Crippen molar-refractivity contribution >= 4 is 7.94 Å². The first kappa shape index (κ1) is 28.7. The standard InChI is InChI=1S/C30H48O3P/c1-2-3-4-5-6-7-8-9-10-11-12-13-14-15-16-23-28-34(31,32-29-24-19-17-20-25-29)33-30-26-21-18-22-27-30/h17-22,24-27,31H,2-16,23,28H2,1H3/q+1. The highest BCUT2D eigenvalue weighted by Gasteiger charge is 2.43. The maximum Gasteiger partial charge on any atom is 0.495 e. The van der Waals surface area contributed by atoms with Crippen molar-refractivity contribution in [3.05, 3.63) is 60.7 Å². The largest absolute Gasteiger partial charge is 0.495 e. The van der Waals surface area contributed by atoms with E-state index in [4.69, 9.17) is 9.05 Å². The molecule has 0 fully saturated rings. The lowest BCUT2D eigenvalue weighted by atomic mass is 10.0. The van der Waals surface area contributed by atoms with Crippen LogP contribution in [-0.2, 0) is 0 Å². The Labute approximate surface area is 209 Å². The van der Waals surface area contributed by atoms with Gasteiger partial charge in [0.05, 0.1) is 0 Å². The van der Waals surface area contributed by atoms with Gasteiger partial charge < -0.3 is 0 Å². The van der Waals surface area contributed by atoms with Gasteiger partial charge in [-0.2, -0.15) is 4.89 Å². The molecule has 1 N–H and O–H groups in total. The summed E-state index contributed by atoms with van der Waals surface area (Å²) < 4.78 is 11.9. The average molecular weight is 488 g/mol. The summed E-state index contributed by atoms with van der Waals surface area (Å²) in [5, 5.41) is 0. The lowest BCUT2D eigenvalue weighted by Crippen LogP contribution is -2.12. The fraction of sp³-hybridized carbons (Fsp3) is 0.600. The fourth-order valence-corrected chi connectivity index (χ4v) is 6.01. The molecule has 0 atom stereocenters. The van der Waals surface area contributed by atoms with Gasteiger partial charge in [-0.15, -0.1) is 0 Å². The Bertz CT molecular complexity index is 666. The van der Waals surface area contributed by atoms with Crippen LogP contribution < -0.4 is 9.05 Å². The molecule has 0 amide bonds. The Morgan fingerprint density at radius 3 is 1.18 bits per heavy atom. The van der Waals surface area contributed by atoms with Gasteiger partial charge in [-0.05, 0) is 37.1 Å². The Balaban J connectivity index is 1.53. The van der Waals surface area contributed by atoms with E-state index in [9.17, 15) is 4.89 Å². The summed E-state index contributed by atoms with van der Waals surface area (Å²) in [6.45, 7) is 2.28. The molecule has 0 radical (unpaired) electrons. The van der Waals surface area contributed by atoms with Crippen LogP contribution in [0.2, 0.25) is 0 Å². The van der Waals surface area contributed by atoms with E-state index in [1.807, 2.05) is 60.7 Å². The summed E-state index contributed by atoms with van der Waals surface area (Å²) in [5.41, 5.74) is 0. The third-order valence-corrected chi connectivity index (χ3v) is 8.15. The molecular formula is C30H48O3P+. The van der Waals surface area contributed by atoms with Crippen molar-refractivity contribution < 1.29 is 13.9 Å². The monoisotopic (exact) mass is 487 g/mol. The quantitative estimate of drug-likeness (QED) is 0.141. The molecule has 2 rings (SSSR count). The van der Waals surface area contributed by atoms with Crippen LogP contribution in [0.25, 0.3) is 0 Å². The van der Waals surface area contributed by atoms with Crippen molar-refractivity contribution in [1.29, 1.82) is 0 Å². The summed E-state index contributed by atoms with van der Waals surface area (Å²) in [5.74, 6) is 1.32. The molecule has 0 spiro atoms. The van der Waals surface area contributed by atoms with E-state index in [2.05, 4.69) is 6.92 Å². The van der Waals surface area contributed by atoms with Crippen LogP contribution in [0.4, 0.5) is 0 Å². The molecule has 2 aromatic rings. The number of hydrogen-bond donors (Lipinski definition) is 1. The van der Waals surface area contributed by atoms with Crippen LogP contribution in [0.15, 0.2) is 60.7 Å². The second-order valence-corrected chi connectivity index (χ2v) is 11.6. The summed E-state index contributed by atoms with van der Waals surface area (Å²) in [6, 6.07) is 19.0. The van der Waals surface area contributed by atoms with Gasteiger partial charge in [-0.3, -0.25) is 9.05 Å². The second kappa shape index (κ2) is 18.7. The molecule has 0 aliphatic rings. The summed E-state index contributed by atoms with van der Waals surface area (Å²) in [6.07, 6.45) is 21.9. The van der Waals surface area contributed by atoms with Gasteiger partial charge in [-0.1, -0.05) is 133 Å². The minimum atomic E-state index is -3.00. The molecule has 4 heteroatoms. The summed E-state index contributed by atoms with van der Waals surface area (Å²) in [4.78, 5) is 11.2. The van der Waals surface area contributed by atoms with Crippen molar-refractivity contribution in [3.63, 3.8) is 0 Å². The Morgan fingerprint density at radius 2 is 0.824 bits per heavy atom. The van der Waals surface area contributed by atoms with Gasteiger partial charge >= 0.3 is 7.94 Å². The van der Waals surface area contributed by atoms with E-state index in [1.165, 1.54) is 89.9 Å². The Morgan fingerprint density at radius 1 is 0.500 bits per heavy atom. The molecule has 0 saturated heterocycles. The molecule has 0 unspecified atom stereocenters. The highest BCUT2D eigenvalue weighted by Crippen LogP contribution is 2.56. The van der Waals surface area contributed by atoms with E-state index in [-0.39, 0.29) is 0 Å². The maximum absolute atomic E-state index is 11.2. The highest BCUT2D eigenvalue weighted by molar-refractivity contribution is 7.61. The molecule has 0 saturated carbocycles. The highest BCUT2D eigenvalue weighted by atomic mass is 31.2. The van der Waals surface area contributed by atoms with Crippen LogP contribution in [0.1, 0.15) is 110 Å². The zero-order chi connectivity index (χ0) is 24.2. The van der Waals surface area contributed by atoms with Gasteiger partial charge in [0.1, 0.15) is 0 Å². The van der Waals surface area contributed by atoms with E-state index in [0.29, 0.717) is 17.7 Å². The van der Waals surface area contributed by atoms with Gasteiger partial charge in [0, 0.05) is 0 Å². The van der Waals surface area contributed by atoms with Crippen LogP contribution >= 0.6 is 7.94 Å². The minimum absolute atomic E-state index is 0.551. The molecule has 3 nitrogen and oxygen atoms in total. The van der Waals surface area contributed by atoms with Crippen molar-refractivity contribution in [2.45, 2.75) is 110 Å². The minimum Gasteiger partial charge on any atom is -0.278 e. The van der Waals surface area contributed by atoms with Gasteiger partial charge in [-0.25, -0.2) is 0 Å². The molecular weight excluding hydrogens is 439 g/mol. The Kier molecular flexibility index (Phi) is 15.8. The molecule has 0 bridgehead atoms. The predicted molar refractivity (Wildman–Crippen MR) is 148 cm³/mol. The topological polar surface area (TPSA) is 38.7 Å². The third kappa shape index (κ3) is 14.0. The lowest BCUT2D eigenvalue weighted by molar-refractivity contribution is 0.344. The predicted octanol–water partition coefficient (Wildman–Crippen LogP) is 10.2. The van der Waals surface area contributed by atoms with E-state index in [0.717, 1.165) is 12.8 Å². The van der Waals surface area contributed by atoms with Gasteiger partial charge in [0.15, 0.2) is 17.7 Å². The smallest absolute Gasteiger partial charge is 0.278 e. The molecule has 34 heavy (non-hydrogen) atoms. The summed E-state index contributed by atoms with van der Waals surface area (Å²) >= 11 is 0. The van der Waals surface area contributed by atoms with E-state index in [1.54, 1.807) is 0 Å². The molecule has 0 aromatic heterocycles. The van der Waals surface area contributed by atoms with E-state index < -0.39 is 7.94 Å². The third-order valence-electron chi connectivity index (χ3n) is 6.28. The molecule has 0 aliphatic carbocycles. The zero-order valence-corrected chi connectivity index (χ0v) is 22.4. The number of unbranched alkanes of at least 4 members (excludes halogenated alkanes) is 15. The van der Waals surface area contributed by atoms with E-state index >= 15 is 0 Å². The van der Waals surface area contributed by atoms with Gasteiger partial charge in [0.25, 0.3) is 0 Å². The van der Waals surface area contributed by atoms with Crippen LogP contribution in [0, 0.1) is 0 Å². The zero-order valence-electron chi connectivity index (χ0n) is 21.5. The Hall–Kier alpha value is -1.57. The normalized spacial score (nSPS) is 11.5. The number of hydrogen-bond acceptors (Lipinski definition) is 3. The molecule has 0 aliphatic heterocycles.